The Kier molecular flexibility index (Phi) is 9.26. The molecule has 2 N–H and O–H groups in total. The predicted molar refractivity (Wildman–Crippen MR) is 140 cm³/mol. The smallest absolute Gasteiger partial charge is 0.118 e. The highest BCUT2D eigenvalue weighted by Crippen LogP contribution is 2.19. The molecule has 0 aliphatic heterocycles. The van der Waals surface area contributed by atoms with E-state index in [4.69, 9.17) is 33.9 Å². The third-order valence-corrected chi connectivity index (χ3v) is 6.35. The summed E-state index contributed by atoms with van der Waals surface area (Å²) < 4.78 is 10.4. The van der Waals surface area contributed by atoms with E-state index >= 15 is 0 Å². The van der Waals surface area contributed by atoms with Crippen LogP contribution in [0.1, 0.15) is 36.8 Å². The molecule has 0 amide bonds. The molecule has 1 saturated carbocycles. The summed E-state index contributed by atoms with van der Waals surface area (Å²) in [4.78, 5) is 1.59. The Morgan fingerprint density at radius 2 is 1.09 bits per heavy atom. The second kappa shape index (κ2) is 12.4. The van der Waals surface area contributed by atoms with Crippen molar-refractivity contribution < 1.29 is 9.47 Å². The van der Waals surface area contributed by atoms with Gasteiger partial charge in [-0.15, -0.1) is 0 Å². The minimum atomic E-state index is 0.345. The number of allylic oxidation sites excluding steroid dienone is 2. The summed E-state index contributed by atoms with van der Waals surface area (Å²) in [5.41, 5.74) is 2.01. The van der Waals surface area contributed by atoms with Crippen molar-refractivity contribution in [3.63, 3.8) is 0 Å². The van der Waals surface area contributed by atoms with Gasteiger partial charge in [-0.25, -0.2) is 0 Å². The first-order chi connectivity index (χ1) is 15.6. The maximum absolute atomic E-state index is 5.54. The average molecular weight is 467 g/mol. The van der Waals surface area contributed by atoms with Crippen molar-refractivity contribution in [2.45, 2.75) is 37.8 Å². The van der Waals surface area contributed by atoms with E-state index in [9.17, 15) is 0 Å². The van der Waals surface area contributed by atoms with E-state index in [-0.39, 0.29) is 0 Å². The lowest BCUT2D eigenvalue weighted by Gasteiger charge is -2.32. The van der Waals surface area contributed by atoms with Gasteiger partial charge in [0.2, 0.25) is 0 Å². The highest BCUT2D eigenvalue weighted by atomic mass is 32.1. The Labute approximate surface area is 201 Å². The summed E-state index contributed by atoms with van der Waals surface area (Å²) in [5, 5.41) is 7.08. The summed E-state index contributed by atoms with van der Waals surface area (Å²) in [6.07, 6.45) is 12.5. The molecule has 0 spiro atoms. The van der Waals surface area contributed by atoms with Crippen LogP contribution in [0.5, 0.6) is 11.5 Å². The minimum Gasteiger partial charge on any atom is -0.497 e. The third kappa shape index (κ3) is 6.90. The van der Waals surface area contributed by atoms with Crippen LogP contribution >= 0.6 is 24.4 Å². The Morgan fingerprint density at radius 1 is 0.719 bits per heavy atom. The second-order valence-electron chi connectivity index (χ2n) is 7.68. The van der Waals surface area contributed by atoms with Crippen LogP contribution < -0.4 is 20.1 Å². The van der Waals surface area contributed by atoms with Crippen molar-refractivity contribution in [2.75, 3.05) is 14.2 Å². The van der Waals surface area contributed by atoms with Gasteiger partial charge in [0.25, 0.3) is 0 Å². The SMILES string of the molecule is COc1ccc(C(=S)/C=C/N[C@H]2CCCC[C@@H]2N/C=C/C(=S)c2ccc(OC)cc2)cc1. The third-order valence-electron chi connectivity index (χ3n) is 5.61. The van der Waals surface area contributed by atoms with E-state index in [1.807, 2.05) is 73.1 Å². The summed E-state index contributed by atoms with van der Waals surface area (Å²) >= 11 is 11.1. The molecule has 0 saturated heterocycles. The van der Waals surface area contributed by atoms with Crippen LogP contribution in [0.25, 0.3) is 0 Å². The van der Waals surface area contributed by atoms with Crippen molar-refractivity contribution >= 4 is 34.2 Å². The van der Waals surface area contributed by atoms with E-state index in [0.717, 1.165) is 45.2 Å². The predicted octanol–water partition coefficient (Wildman–Crippen LogP) is 5.36. The molecule has 2 aromatic rings. The standard InChI is InChI=1S/C26H30N2O2S2/c1-29-21-11-7-19(8-12-21)25(31)15-17-27-23-5-3-4-6-24(23)28-18-16-26(32)20-9-13-22(30-2)14-10-20/h7-18,23-24,27-28H,3-6H2,1-2H3/b17-15+,18-16+/t23-,24-/m0/s1. The van der Waals surface area contributed by atoms with Gasteiger partial charge in [-0.2, -0.15) is 0 Å². The van der Waals surface area contributed by atoms with Crippen LogP contribution in [-0.4, -0.2) is 36.0 Å². The lowest BCUT2D eigenvalue weighted by atomic mass is 9.90. The molecule has 1 fully saturated rings. The average Bonchev–Trinajstić information content (AvgIpc) is 2.85. The Balaban J connectivity index is 1.52. The lowest BCUT2D eigenvalue weighted by Crippen LogP contribution is -2.46. The molecule has 3 rings (SSSR count). The molecule has 0 radical (unpaired) electrons. The lowest BCUT2D eigenvalue weighted by molar-refractivity contribution is 0.324. The molecule has 1 aliphatic carbocycles. The fraction of sp³-hybridized carbons (Fsp3) is 0.308. The molecule has 0 unspecified atom stereocenters. The molecule has 6 heteroatoms. The molecule has 1 aliphatic rings. The zero-order valence-corrected chi connectivity index (χ0v) is 20.2. The van der Waals surface area contributed by atoms with Gasteiger partial charge >= 0.3 is 0 Å². The van der Waals surface area contributed by atoms with Gasteiger partial charge in [-0.1, -0.05) is 37.3 Å². The molecule has 168 valence electrons. The van der Waals surface area contributed by atoms with Crippen LogP contribution in [0.15, 0.2) is 73.1 Å². The monoisotopic (exact) mass is 466 g/mol. The van der Waals surface area contributed by atoms with Crippen molar-refractivity contribution in [2.24, 2.45) is 0 Å². The number of rotatable bonds is 10. The summed E-state index contributed by atoms with van der Waals surface area (Å²) in [6.45, 7) is 0. The van der Waals surface area contributed by atoms with Gasteiger partial charge in [-0.05, 0) is 97.1 Å². The topological polar surface area (TPSA) is 42.5 Å². The van der Waals surface area contributed by atoms with Crippen LogP contribution in [0, 0.1) is 0 Å². The zero-order valence-electron chi connectivity index (χ0n) is 18.5. The van der Waals surface area contributed by atoms with Crippen LogP contribution in [0.4, 0.5) is 0 Å². The number of hydrogen-bond donors (Lipinski definition) is 2. The number of benzene rings is 2. The fourth-order valence-corrected chi connectivity index (χ4v) is 4.14. The molecular formula is C26H30N2O2S2. The molecule has 32 heavy (non-hydrogen) atoms. The zero-order chi connectivity index (χ0) is 22.8. The molecule has 0 aromatic heterocycles. The molecule has 2 atom stereocenters. The number of nitrogens with one attached hydrogen (secondary N) is 2. The molecule has 4 nitrogen and oxygen atoms in total. The van der Waals surface area contributed by atoms with Gasteiger partial charge in [0.15, 0.2) is 0 Å². The van der Waals surface area contributed by atoms with Gasteiger partial charge in [0.1, 0.15) is 11.5 Å². The first kappa shape index (κ1) is 24.0. The normalized spacial score (nSPS) is 18.4. The van der Waals surface area contributed by atoms with Crippen LogP contribution in [0.2, 0.25) is 0 Å². The van der Waals surface area contributed by atoms with Crippen molar-refractivity contribution in [1.82, 2.24) is 10.6 Å². The Bertz CT molecular complexity index is 873. The first-order valence-electron chi connectivity index (χ1n) is 10.8. The highest BCUT2D eigenvalue weighted by Gasteiger charge is 2.22. The van der Waals surface area contributed by atoms with Gasteiger partial charge < -0.3 is 20.1 Å². The van der Waals surface area contributed by atoms with Gasteiger partial charge in [-0.3, -0.25) is 0 Å². The van der Waals surface area contributed by atoms with Crippen molar-refractivity contribution in [1.29, 1.82) is 0 Å². The van der Waals surface area contributed by atoms with Gasteiger partial charge in [0, 0.05) is 21.8 Å². The van der Waals surface area contributed by atoms with E-state index in [0.29, 0.717) is 12.1 Å². The number of methoxy groups -OCH3 is 2. The van der Waals surface area contributed by atoms with Gasteiger partial charge in [0.05, 0.1) is 14.2 Å². The van der Waals surface area contributed by atoms with Crippen LogP contribution in [0.3, 0.4) is 0 Å². The van der Waals surface area contributed by atoms with E-state index in [1.54, 1.807) is 14.2 Å². The molecule has 2 aromatic carbocycles. The maximum Gasteiger partial charge on any atom is 0.118 e. The summed E-state index contributed by atoms with van der Waals surface area (Å²) in [6, 6.07) is 16.3. The summed E-state index contributed by atoms with van der Waals surface area (Å²) in [7, 11) is 3.32. The number of ether oxygens (including phenoxy) is 2. The number of hydrogen-bond acceptors (Lipinski definition) is 6. The summed E-state index contributed by atoms with van der Waals surface area (Å²) in [5.74, 6) is 1.66. The van der Waals surface area contributed by atoms with E-state index in [1.165, 1.54) is 12.8 Å². The van der Waals surface area contributed by atoms with E-state index < -0.39 is 0 Å². The molecular weight excluding hydrogens is 436 g/mol. The number of thiocarbonyl (C=S) groups is 2. The minimum absolute atomic E-state index is 0.345. The van der Waals surface area contributed by atoms with Crippen LogP contribution in [-0.2, 0) is 0 Å². The second-order valence-corrected chi connectivity index (χ2v) is 8.56. The first-order valence-corrected chi connectivity index (χ1v) is 11.6. The largest absolute Gasteiger partial charge is 0.497 e. The maximum atomic E-state index is 5.54. The fourth-order valence-electron chi connectivity index (χ4n) is 3.73. The quantitative estimate of drug-likeness (QED) is 0.279. The highest BCUT2D eigenvalue weighted by molar-refractivity contribution is 7.81. The van der Waals surface area contributed by atoms with Crippen molar-refractivity contribution in [3.05, 3.63) is 84.2 Å². The Morgan fingerprint density at radius 3 is 1.44 bits per heavy atom. The van der Waals surface area contributed by atoms with E-state index in [2.05, 4.69) is 10.6 Å². The molecule has 0 bridgehead atoms. The Hall–Kier alpha value is -2.70. The van der Waals surface area contributed by atoms with Crippen molar-refractivity contribution in [3.8, 4) is 11.5 Å². The molecule has 0 heterocycles.